The van der Waals surface area contributed by atoms with Gasteiger partial charge in [-0.25, -0.2) is 4.68 Å². The summed E-state index contributed by atoms with van der Waals surface area (Å²) in [6.07, 6.45) is 2.68. The molecule has 0 radical (unpaired) electrons. The molecule has 1 aromatic heterocycles. The molecule has 1 atom stereocenters. The van der Waals surface area contributed by atoms with Gasteiger partial charge < -0.3 is 5.73 Å². The minimum atomic E-state index is 0.618. The minimum absolute atomic E-state index is 0.618. The van der Waals surface area contributed by atoms with Gasteiger partial charge in [0.25, 0.3) is 0 Å². The molecule has 1 unspecified atom stereocenters. The molecule has 1 aliphatic carbocycles. The molecule has 0 spiro atoms. The number of anilines is 1. The molecule has 0 saturated heterocycles. The summed E-state index contributed by atoms with van der Waals surface area (Å²) in [4.78, 5) is 0. The minimum Gasteiger partial charge on any atom is -0.398 e. The van der Waals surface area contributed by atoms with Gasteiger partial charge in [0.2, 0.25) is 0 Å². The van der Waals surface area contributed by atoms with E-state index in [1.54, 1.807) is 0 Å². The summed E-state index contributed by atoms with van der Waals surface area (Å²) in [5.74, 6) is 2.24. The zero-order chi connectivity index (χ0) is 13.4. The van der Waals surface area contributed by atoms with Gasteiger partial charge >= 0.3 is 0 Å². The highest BCUT2D eigenvalue weighted by molar-refractivity contribution is 5.74. The predicted octanol–water partition coefficient (Wildman–Crippen LogP) is 2.28. The topological polar surface area (TPSA) is 69.6 Å². The van der Waals surface area contributed by atoms with Crippen molar-refractivity contribution in [2.24, 2.45) is 11.8 Å². The summed E-state index contributed by atoms with van der Waals surface area (Å²) in [5.41, 5.74) is 8.87. The van der Waals surface area contributed by atoms with E-state index in [-0.39, 0.29) is 0 Å². The number of hydrogen-bond acceptors (Lipinski definition) is 4. The summed E-state index contributed by atoms with van der Waals surface area (Å²) < 4.78 is 1.89. The Morgan fingerprint density at radius 1 is 1.42 bits per heavy atom. The fraction of sp³-hybridized carbons (Fsp3) is 0.500. The molecular weight excluding hydrogens is 238 g/mol. The zero-order valence-corrected chi connectivity index (χ0v) is 11.4. The Kier molecular flexibility index (Phi) is 2.97. The molecule has 5 heteroatoms. The number of nitrogen functional groups attached to an aromatic ring is 1. The van der Waals surface area contributed by atoms with E-state index in [1.807, 2.05) is 29.8 Å². The summed E-state index contributed by atoms with van der Waals surface area (Å²) >= 11 is 0. The number of hydrogen-bond donors (Lipinski definition) is 1. The van der Waals surface area contributed by atoms with Crippen LogP contribution in [0.25, 0.3) is 11.4 Å². The van der Waals surface area contributed by atoms with Gasteiger partial charge in [-0.2, -0.15) is 0 Å². The van der Waals surface area contributed by atoms with Crippen molar-refractivity contribution in [2.75, 3.05) is 5.73 Å². The van der Waals surface area contributed by atoms with Crippen LogP contribution in [-0.4, -0.2) is 20.2 Å². The second-order valence-corrected chi connectivity index (χ2v) is 5.54. The Morgan fingerprint density at radius 2 is 2.21 bits per heavy atom. The monoisotopic (exact) mass is 257 g/mol. The summed E-state index contributed by atoms with van der Waals surface area (Å²) in [6.45, 7) is 5.17. The molecule has 0 bridgehead atoms. The highest BCUT2D eigenvalue weighted by Gasteiger charge is 2.29. The van der Waals surface area contributed by atoms with E-state index in [4.69, 9.17) is 5.73 Å². The molecule has 0 amide bonds. The van der Waals surface area contributed by atoms with Crippen LogP contribution in [0.15, 0.2) is 18.2 Å². The number of tetrazole rings is 1. The average molecular weight is 257 g/mol. The third-order valence-corrected chi connectivity index (χ3v) is 3.95. The fourth-order valence-electron chi connectivity index (χ4n) is 2.59. The predicted molar refractivity (Wildman–Crippen MR) is 74.3 cm³/mol. The van der Waals surface area contributed by atoms with Crippen LogP contribution in [0.3, 0.4) is 0 Å². The van der Waals surface area contributed by atoms with E-state index in [1.165, 1.54) is 12.8 Å². The van der Waals surface area contributed by atoms with Crippen molar-refractivity contribution >= 4 is 5.69 Å². The Hall–Kier alpha value is -1.91. The standard InChI is InChI=1S/C14H19N5/c1-9-4-3-5-12(15)13(9)14-16-17-18-19(14)8-10(2)11-6-7-11/h3-5,10-11H,6-8,15H2,1-2H3. The first-order valence-electron chi connectivity index (χ1n) is 6.78. The summed E-state index contributed by atoms with van der Waals surface area (Å²) in [6, 6.07) is 5.88. The van der Waals surface area contributed by atoms with Gasteiger partial charge in [-0.1, -0.05) is 19.1 Å². The average Bonchev–Trinajstić information content (AvgIpc) is 3.13. The van der Waals surface area contributed by atoms with Crippen LogP contribution in [0.4, 0.5) is 5.69 Å². The second kappa shape index (κ2) is 4.64. The maximum Gasteiger partial charge on any atom is 0.184 e. The van der Waals surface area contributed by atoms with Gasteiger partial charge in [0.1, 0.15) is 0 Å². The van der Waals surface area contributed by atoms with Crippen molar-refractivity contribution in [3.05, 3.63) is 23.8 Å². The van der Waals surface area contributed by atoms with Crippen LogP contribution in [0.2, 0.25) is 0 Å². The van der Waals surface area contributed by atoms with Gasteiger partial charge in [-0.05, 0) is 53.7 Å². The highest BCUT2D eigenvalue weighted by Crippen LogP contribution is 2.37. The third kappa shape index (κ3) is 2.32. The molecule has 19 heavy (non-hydrogen) atoms. The number of aromatic nitrogens is 4. The van der Waals surface area contributed by atoms with Gasteiger partial charge in [0, 0.05) is 17.8 Å². The van der Waals surface area contributed by atoms with E-state index < -0.39 is 0 Å². The van der Waals surface area contributed by atoms with Gasteiger partial charge in [0.05, 0.1) is 0 Å². The molecule has 1 aromatic carbocycles. The molecule has 0 aliphatic heterocycles. The summed E-state index contributed by atoms with van der Waals surface area (Å²) in [5, 5.41) is 12.1. The number of rotatable bonds is 4. The van der Waals surface area contributed by atoms with Gasteiger partial charge in [-0.3, -0.25) is 0 Å². The van der Waals surface area contributed by atoms with Crippen LogP contribution >= 0.6 is 0 Å². The summed E-state index contributed by atoms with van der Waals surface area (Å²) in [7, 11) is 0. The van der Waals surface area contributed by atoms with Crippen molar-refractivity contribution in [3.8, 4) is 11.4 Å². The van der Waals surface area contributed by atoms with Gasteiger partial charge in [0.15, 0.2) is 5.82 Å². The fourth-order valence-corrected chi connectivity index (χ4v) is 2.59. The van der Waals surface area contributed by atoms with Crippen LogP contribution in [0, 0.1) is 18.8 Å². The normalized spacial score (nSPS) is 16.5. The van der Waals surface area contributed by atoms with Crippen LogP contribution in [0.1, 0.15) is 25.3 Å². The van der Waals surface area contributed by atoms with Crippen molar-refractivity contribution in [1.82, 2.24) is 20.2 Å². The number of nitrogens with two attached hydrogens (primary N) is 1. The van der Waals surface area contributed by atoms with Crippen LogP contribution in [-0.2, 0) is 6.54 Å². The molecule has 100 valence electrons. The van der Waals surface area contributed by atoms with Crippen LogP contribution in [0.5, 0.6) is 0 Å². The first-order chi connectivity index (χ1) is 9.16. The lowest BCUT2D eigenvalue weighted by Gasteiger charge is -2.13. The SMILES string of the molecule is Cc1cccc(N)c1-c1nnnn1CC(C)C1CC1. The lowest BCUT2D eigenvalue weighted by molar-refractivity contribution is 0.402. The Labute approximate surface area is 112 Å². The third-order valence-electron chi connectivity index (χ3n) is 3.95. The number of nitrogens with zero attached hydrogens (tertiary/aromatic N) is 4. The lowest BCUT2D eigenvalue weighted by Crippen LogP contribution is -2.13. The molecular formula is C14H19N5. The van der Waals surface area contributed by atoms with E-state index in [2.05, 4.69) is 22.4 Å². The molecule has 1 fully saturated rings. The Balaban J connectivity index is 1.94. The van der Waals surface area contributed by atoms with E-state index in [0.29, 0.717) is 5.92 Å². The highest BCUT2D eigenvalue weighted by atomic mass is 15.5. The quantitative estimate of drug-likeness (QED) is 0.853. The van der Waals surface area contributed by atoms with Crippen molar-refractivity contribution in [2.45, 2.75) is 33.2 Å². The largest absolute Gasteiger partial charge is 0.398 e. The number of aryl methyl sites for hydroxylation is 1. The maximum atomic E-state index is 6.08. The second-order valence-electron chi connectivity index (χ2n) is 5.54. The first-order valence-corrected chi connectivity index (χ1v) is 6.78. The van der Waals surface area contributed by atoms with E-state index >= 15 is 0 Å². The zero-order valence-electron chi connectivity index (χ0n) is 11.4. The van der Waals surface area contributed by atoms with Crippen molar-refractivity contribution < 1.29 is 0 Å². The number of benzene rings is 1. The molecule has 1 heterocycles. The molecule has 2 aromatic rings. The molecule has 2 N–H and O–H groups in total. The van der Waals surface area contributed by atoms with Crippen molar-refractivity contribution in [1.29, 1.82) is 0 Å². The molecule has 1 saturated carbocycles. The Morgan fingerprint density at radius 3 is 2.89 bits per heavy atom. The molecule has 3 rings (SSSR count). The van der Waals surface area contributed by atoms with Gasteiger partial charge in [-0.15, -0.1) is 5.10 Å². The lowest BCUT2D eigenvalue weighted by atomic mass is 10.0. The van der Waals surface area contributed by atoms with E-state index in [0.717, 1.165) is 35.1 Å². The molecule has 5 nitrogen and oxygen atoms in total. The van der Waals surface area contributed by atoms with Crippen molar-refractivity contribution in [3.63, 3.8) is 0 Å². The maximum absolute atomic E-state index is 6.08. The molecule has 1 aliphatic rings. The first kappa shape index (κ1) is 12.1. The van der Waals surface area contributed by atoms with E-state index in [9.17, 15) is 0 Å². The Bertz CT molecular complexity index is 565. The van der Waals surface area contributed by atoms with Crippen LogP contribution < -0.4 is 5.73 Å². The smallest absolute Gasteiger partial charge is 0.184 e.